The second kappa shape index (κ2) is 6.28. The van der Waals surface area contributed by atoms with E-state index in [4.69, 9.17) is 4.74 Å². The summed E-state index contributed by atoms with van der Waals surface area (Å²) in [5.74, 6) is -3.84. The van der Waals surface area contributed by atoms with Crippen LogP contribution in [0.4, 0.5) is 13.2 Å². The Morgan fingerprint density at radius 1 is 0.962 bits per heavy atom. The lowest BCUT2D eigenvalue weighted by molar-refractivity contribution is -0.133. The van der Waals surface area contributed by atoms with Crippen LogP contribution in [0.2, 0.25) is 0 Å². The zero-order valence-electron chi connectivity index (χ0n) is 13.8. The van der Waals surface area contributed by atoms with Crippen LogP contribution >= 0.6 is 0 Å². The lowest BCUT2D eigenvalue weighted by Crippen LogP contribution is -2.06. The van der Waals surface area contributed by atoms with Crippen molar-refractivity contribution in [3.63, 3.8) is 0 Å². The molecule has 0 bridgehead atoms. The molecule has 0 amide bonds. The first-order valence-electron chi connectivity index (χ1n) is 7.46. The van der Waals surface area contributed by atoms with Gasteiger partial charge in [0.1, 0.15) is 29.0 Å². The summed E-state index contributed by atoms with van der Waals surface area (Å²) in [5, 5.41) is 0. The molecule has 1 aliphatic rings. The van der Waals surface area contributed by atoms with E-state index in [2.05, 4.69) is 0 Å². The van der Waals surface area contributed by atoms with Crippen molar-refractivity contribution in [1.82, 2.24) is 0 Å². The number of carbonyl (C=O) groups excluding carboxylic acids is 1. The molecule has 4 nitrogen and oxygen atoms in total. The summed E-state index contributed by atoms with van der Waals surface area (Å²) >= 11 is 0. The number of ether oxygens (including phenoxy) is 1. The van der Waals surface area contributed by atoms with Crippen LogP contribution in [0, 0.1) is 24.4 Å². The molecule has 136 valence electrons. The van der Waals surface area contributed by atoms with Crippen LogP contribution in [0.25, 0.3) is 11.1 Å². The average Bonchev–Trinajstić information content (AvgIpc) is 2.89. The molecule has 0 saturated heterocycles. The van der Waals surface area contributed by atoms with Crippen LogP contribution in [0.1, 0.15) is 16.7 Å². The van der Waals surface area contributed by atoms with E-state index in [1.54, 1.807) is 6.92 Å². The summed E-state index contributed by atoms with van der Waals surface area (Å²) in [6, 6.07) is 5.74. The number of halogens is 3. The monoisotopic (exact) mass is 382 g/mol. The highest BCUT2D eigenvalue weighted by Crippen LogP contribution is 2.35. The van der Waals surface area contributed by atoms with Gasteiger partial charge < -0.3 is 4.74 Å². The van der Waals surface area contributed by atoms with Crippen molar-refractivity contribution in [2.24, 2.45) is 0 Å². The number of cyclic esters (lactones) is 1. The van der Waals surface area contributed by atoms with Crippen molar-refractivity contribution in [1.29, 1.82) is 0 Å². The fourth-order valence-corrected chi connectivity index (χ4v) is 3.59. The Bertz CT molecular complexity index is 1050. The Morgan fingerprint density at radius 2 is 1.54 bits per heavy atom. The third-order valence-corrected chi connectivity index (χ3v) is 5.16. The lowest BCUT2D eigenvalue weighted by atomic mass is 9.96. The molecule has 1 aliphatic heterocycles. The summed E-state index contributed by atoms with van der Waals surface area (Å²) in [7, 11) is -4.11. The van der Waals surface area contributed by atoms with Gasteiger partial charge in [-0.25, -0.2) is 26.4 Å². The Balaban J connectivity index is 2.22. The molecule has 0 unspecified atom stereocenters. The van der Waals surface area contributed by atoms with Gasteiger partial charge in [-0.1, -0.05) is 12.1 Å². The highest BCUT2D eigenvalue weighted by molar-refractivity contribution is 7.90. The predicted molar refractivity (Wildman–Crippen MR) is 88.4 cm³/mol. The van der Waals surface area contributed by atoms with Gasteiger partial charge in [0.25, 0.3) is 0 Å². The molecule has 0 radical (unpaired) electrons. The summed E-state index contributed by atoms with van der Waals surface area (Å²) in [5.41, 5.74) is 0.663. The Labute approximate surface area is 147 Å². The van der Waals surface area contributed by atoms with Gasteiger partial charge in [0.15, 0.2) is 9.84 Å². The minimum absolute atomic E-state index is 0.0187. The first kappa shape index (κ1) is 18.2. The number of rotatable bonds is 3. The van der Waals surface area contributed by atoms with Crippen LogP contribution in [0.15, 0.2) is 35.2 Å². The second-order valence-electron chi connectivity index (χ2n) is 5.93. The standard InChI is InChI=1S/C18H13F3O4S/c1-9-3-4-10(5-13(9)19)16-12(8-25-18(16)22)11-6-14(20)17(15(21)7-11)26(2,23)24/h3-7H,8H2,1-2H3. The van der Waals surface area contributed by atoms with E-state index in [1.165, 1.54) is 12.1 Å². The van der Waals surface area contributed by atoms with Crippen molar-refractivity contribution < 1.29 is 31.1 Å². The van der Waals surface area contributed by atoms with Crippen LogP contribution in [-0.2, 0) is 19.4 Å². The minimum Gasteiger partial charge on any atom is -0.457 e. The van der Waals surface area contributed by atoms with Crippen LogP contribution in [0.5, 0.6) is 0 Å². The molecule has 0 atom stereocenters. The first-order valence-corrected chi connectivity index (χ1v) is 9.35. The highest BCUT2D eigenvalue weighted by Gasteiger charge is 2.30. The van der Waals surface area contributed by atoms with E-state index in [0.717, 1.165) is 18.2 Å². The van der Waals surface area contributed by atoms with Crippen LogP contribution < -0.4 is 0 Å². The van der Waals surface area contributed by atoms with Gasteiger partial charge in [-0.2, -0.15) is 0 Å². The number of benzene rings is 2. The van der Waals surface area contributed by atoms with Crippen LogP contribution in [-0.4, -0.2) is 27.2 Å². The summed E-state index contributed by atoms with van der Waals surface area (Å²) in [6.45, 7) is 1.29. The SMILES string of the molecule is Cc1ccc(C2=C(c3cc(F)c(S(C)(=O)=O)c(F)c3)COC2=O)cc1F. The molecule has 8 heteroatoms. The highest BCUT2D eigenvalue weighted by atomic mass is 32.2. The quantitative estimate of drug-likeness (QED) is 0.765. The molecule has 0 aliphatic carbocycles. The summed E-state index contributed by atoms with van der Waals surface area (Å²) in [6.07, 6.45) is 0.691. The third kappa shape index (κ3) is 3.12. The van der Waals surface area contributed by atoms with Crippen molar-refractivity contribution in [3.8, 4) is 0 Å². The van der Waals surface area contributed by atoms with Gasteiger partial charge in [-0.3, -0.25) is 0 Å². The molecule has 26 heavy (non-hydrogen) atoms. The molecule has 2 aromatic rings. The zero-order valence-corrected chi connectivity index (χ0v) is 14.6. The predicted octanol–water partition coefficient (Wildman–Crippen LogP) is 3.28. The normalized spacial score (nSPS) is 14.7. The number of hydrogen-bond acceptors (Lipinski definition) is 4. The van der Waals surface area contributed by atoms with Gasteiger partial charge in [0.05, 0.1) is 5.57 Å². The Hall–Kier alpha value is -2.61. The number of aryl methyl sites for hydroxylation is 1. The molecule has 0 fully saturated rings. The van der Waals surface area contributed by atoms with Gasteiger partial charge >= 0.3 is 5.97 Å². The topological polar surface area (TPSA) is 60.4 Å². The van der Waals surface area contributed by atoms with E-state index in [1.807, 2.05) is 0 Å². The van der Waals surface area contributed by atoms with E-state index in [9.17, 15) is 26.4 Å². The minimum atomic E-state index is -4.11. The van der Waals surface area contributed by atoms with Gasteiger partial charge in [-0.05, 0) is 41.8 Å². The summed E-state index contributed by atoms with van der Waals surface area (Å²) < 4.78 is 70.1. The van der Waals surface area contributed by atoms with Crippen molar-refractivity contribution in [3.05, 3.63) is 64.5 Å². The number of carbonyl (C=O) groups is 1. The summed E-state index contributed by atoms with van der Waals surface area (Å²) in [4.78, 5) is 11.0. The third-order valence-electron chi connectivity index (χ3n) is 4.03. The van der Waals surface area contributed by atoms with Crippen molar-refractivity contribution in [2.75, 3.05) is 12.9 Å². The van der Waals surface area contributed by atoms with E-state index in [0.29, 0.717) is 11.8 Å². The number of sulfone groups is 1. The molecular formula is C18H13F3O4S. The largest absolute Gasteiger partial charge is 0.457 e. The van der Waals surface area contributed by atoms with E-state index < -0.39 is 38.2 Å². The Kier molecular flexibility index (Phi) is 4.39. The van der Waals surface area contributed by atoms with Gasteiger partial charge in [0.2, 0.25) is 0 Å². The molecule has 2 aromatic carbocycles. The first-order chi connectivity index (χ1) is 12.1. The zero-order chi connectivity index (χ0) is 19.2. The van der Waals surface area contributed by atoms with Gasteiger partial charge in [0, 0.05) is 11.8 Å². The van der Waals surface area contributed by atoms with Crippen LogP contribution in [0.3, 0.4) is 0 Å². The smallest absolute Gasteiger partial charge is 0.339 e. The number of esters is 1. The molecule has 3 rings (SSSR count). The number of hydrogen-bond donors (Lipinski definition) is 0. The second-order valence-corrected chi connectivity index (χ2v) is 7.89. The maximum absolute atomic E-state index is 14.2. The molecule has 0 N–H and O–H groups in total. The molecule has 0 spiro atoms. The van der Waals surface area contributed by atoms with E-state index in [-0.39, 0.29) is 28.9 Å². The fraction of sp³-hybridized carbons (Fsp3) is 0.167. The molecule has 0 saturated carbocycles. The van der Waals surface area contributed by atoms with Crippen molar-refractivity contribution in [2.45, 2.75) is 11.8 Å². The van der Waals surface area contributed by atoms with Gasteiger partial charge in [-0.15, -0.1) is 0 Å². The molecule has 0 aromatic heterocycles. The maximum Gasteiger partial charge on any atom is 0.339 e. The maximum atomic E-state index is 14.2. The molecule has 1 heterocycles. The average molecular weight is 382 g/mol. The van der Waals surface area contributed by atoms with E-state index >= 15 is 0 Å². The van der Waals surface area contributed by atoms with Crippen molar-refractivity contribution >= 4 is 27.0 Å². The lowest BCUT2D eigenvalue weighted by Gasteiger charge is -2.09. The Morgan fingerprint density at radius 3 is 2.08 bits per heavy atom. The fourth-order valence-electron chi connectivity index (χ4n) is 2.76. The molecular weight excluding hydrogens is 369 g/mol.